The molecule has 2 nitrogen and oxygen atoms in total. The number of hydrogen-bond donors (Lipinski definition) is 0. The molecule has 0 saturated carbocycles. The second-order valence-electron chi connectivity index (χ2n) is 8.21. The first-order valence-electron chi connectivity index (χ1n) is 10.8. The van der Waals surface area contributed by atoms with Crippen LogP contribution < -0.4 is 0 Å². The fraction of sp³-hybridized carbons (Fsp3) is 1.00. The Hall–Kier alpha value is -0.0800. The monoisotopic (exact) mass is 322 g/mol. The predicted octanol–water partition coefficient (Wildman–Crippen LogP) is 5.18. The van der Waals surface area contributed by atoms with Crippen molar-refractivity contribution in [3.63, 3.8) is 0 Å². The summed E-state index contributed by atoms with van der Waals surface area (Å²) in [6, 6.07) is 0. The fourth-order valence-electron chi connectivity index (χ4n) is 4.50. The maximum Gasteiger partial charge on any atom is -0.000654 e. The molecule has 0 aromatic rings. The summed E-state index contributed by atoms with van der Waals surface area (Å²) >= 11 is 0. The lowest BCUT2D eigenvalue weighted by molar-refractivity contribution is 0.147. The SMILES string of the molecule is CCCCC1CCN(CCCN2CCC(CCCC)CC2)CC1. The molecule has 2 saturated heterocycles. The molecule has 0 N–H and O–H groups in total. The van der Waals surface area contributed by atoms with Gasteiger partial charge in [-0.15, -0.1) is 0 Å². The van der Waals surface area contributed by atoms with Gasteiger partial charge in [0, 0.05) is 0 Å². The van der Waals surface area contributed by atoms with E-state index in [1.165, 1.54) is 110 Å². The van der Waals surface area contributed by atoms with E-state index in [1.807, 2.05) is 0 Å². The Morgan fingerprint density at radius 3 is 1.35 bits per heavy atom. The van der Waals surface area contributed by atoms with Crippen molar-refractivity contribution in [2.75, 3.05) is 39.3 Å². The summed E-state index contributed by atoms with van der Waals surface area (Å²) < 4.78 is 0. The highest BCUT2D eigenvalue weighted by atomic mass is 15.2. The molecule has 0 unspecified atom stereocenters. The van der Waals surface area contributed by atoms with Crippen LogP contribution in [0.25, 0.3) is 0 Å². The molecule has 0 aromatic carbocycles. The molecule has 2 aliphatic rings. The predicted molar refractivity (Wildman–Crippen MR) is 102 cm³/mol. The van der Waals surface area contributed by atoms with E-state index in [0.717, 1.165) is 11.8 Å². The number of piperidine rings is 2. The Bertz CT molecular complexity index is 248. The van der Waals surface area contributed by atoms with Gasteiger partial charge in [-0.1, -0.05) is 52.4 Å². The van der Waals surface area contributed by atoms with Crippen molar-refractivity contribution in [1.29, 1.82) is 0 Å². The smallest absolute Gasteiger partial charge is 0.000654 e. The topological polar surface area (TPSA) is 6.48 Å². The Morgan fingerprint density at radius 2 is 1.00 bits per heavy atom. The first kappa shape index (κ1) is 19.2. The second kappa shape index (κ2) is 11.5. The van der Waals surface area contributed by atoms with Gasteiger partial charge in [-0.25, -0.2) is 0 Å². The molecular formula is C21H42N2. The molecule has 0 radical (unpaired) electrons. The highest BCUT2D eigenvalue weighted by Gasteiger charge is 2.20. The molecule has 136 valence electrons. The highest BCUT2D eigenvalue weighted by Crippen LogP contribution is 2.24. The average Bonchev–Trinajstić information content (AvgIpc) is 2.60. The highest BCUT2D eigenvalue weighted by molar-refractivity contribution is 4.75. The normalized spacial score (nSPS) is 22.7. The minimum atomic E-state index is 1.04. The first-order chi connectivity index (χ1) is 11.3. The van der Waals surface area contributed by atoms with Crippen LogP contribution in [-0.4, -0.2) is 49.1 Å². The van der Waals surface area contributed by atoms with Crippen LogP contribution in [-0.2, 0) is 0 Å². The lowest BCUT2D eigenvalue weighted by atomic mass is 9.91. The molecule has 2 rings (SSSR count). The van der Waals surface area contributed by atoms with Crippen LogP contribution in [0.15, 0.2) is 0 Å². The molecule has 0 aliphatic carbocycles. The van der Waals surface area contributed by atoms with Crippen LogP contribution >= 0.6 is 0 Å². The lowest BCUT2D eigenvalue weighted by Gasteiger charge is -2.34. The number of rotatable bonds is 10. The molecule has 0 spiro atoms. The second-order valence-corrected chi connectivity index (χ2v) is 8.21. The van der Waals surface area contributed by atoms with Crippen LogP contribution in [0, 0.1) is 11.8 Å². The van der Waals surface area contributed by atoms with Gasteiger partial charge < -0.3 is 9.80 Å². The number of unbranched alkanes of at least 4 members (excludes halogenated alkanes) is 2. The van der Waals surface area contributed by atoms with E-state index in [1.54, 1.807) is 0 Å². The third-order valence-electron chi connectivity index (χ3n) is 6.29. The van der Waals surface area contributed by atoms with Crippen LogP contribution in [0.3, 0.4) is 0 Å². The summed E-state index contributed by atoms with van der Waals surface area (Å²) in [6.45, 7) is 12.8. The summed E-state index contributed by atoms with van der Waals surface area (Å²) in [6.07, 6.45) is 15.8. The Labute approximate surface area is 146 Å². The number of likely N-dealkylation sites (tertiary alicyclic amines) is 2. The molecular weight excluding hydrogens is 280 g/mol. The van der Waals surface area contributed by atoms with Gasteiger partial charge in [0.05, 0.1) is 0 Å². The van der Waals surface area contributed by atoms with E-state index in [4.69, 9.17) is 0 Å². The van der Waals surface area contributed by atoms with Crippen molar-refractivity contribution >= 4 is 0 Å². The molecule has 2 aliphatic heterocycles. The Morgan fingerprint density at radius 1 is 0.609 bits per heavy atom. The van der Waals surface area contributed by atoms with Gasteiger partial charge in [-0.3, -0.25) is 0 Å². The molecule has 23 heavy (non-hydrogen) atoms. The molecule has 2 heteroatoms. The van der Waals surface area contributed by atoms with E-state index in [9.17, 15) is 0 Å². The van der Waals surface area contributed by atoms with Crippen molar-refractivity contribution in [2.24, 2.45) is 11.8 Å². The molecule has 0 bridgehead atoms. The van der Waals surface area contributed by atoms with Crippen molar-refractivity contribution in [3.05, 3.63) is 0 Å². The van der Waals surface area contributed by atoms with Crippen LogP contribution in [0.1, 0.15) is 84.5 Å². The van der Waals surface area contributed by atoms with Gasteiger partial charge in [0.15, 0.2) is 0 Å². The first-order valence-corrected chi connectivity index (χ1v) is 10.8. The third kappa shape index (κ3) is 7.56. The van der Waals surface area contributed by atoms with Crippen molar-refractivity contribution in [1.82, 2.24) is 9.80 Å². The quantitative estimate of drug-likeness (QED) is 0.547. The maximum atomic E-state index is 2.73. The van der Waals surface area contributed by atoms with Crippen molar-refractivity contribution in [3.8, 4) is 0 Å². The van der Waals surface area contributed by atoms with Crippen molar-refractivity contribution < 1.29 is 0 Å². The van der Waals surface area contributed by atoms with Gasteiger partial charge in [0.1, 0.15) is 0 Å². The minimum Gasteiger partial charge on any atom is -0.303 e. The van der Waals surface area contributed by atoms with E-state index in [2.05, 4.69) is 23.6 Å². The Kier molecular flexibility index (Phi) is 9.60. The fourth-order valence-corrected chi connectivity index (χ4v) is 4.50. The van der Waals surface area contributed by atoms with E-state index in [-0.39, 0.29) is 0 Å². The largest absolute Gasteiger partial charge is 0.303 e. The number of nitrogens with zero attached hydrogens (tertiary/aromatic N) is 2. The average molecular weight is 323 g/mol. The standard InChI is InChI=1S/C21H42N2/c1-3-5-8-20-10-16-22(17-11-20)14-7-15-23-18-12-21(13-19-23)9-6-4-2/h20-21H,3-19H2,1-2H3. The van der Waals surface area contributed by atoms with Gasteiger partial charge >= 0.3 is 0 Å². The molecule has 2 fully saturated rings. The molecule has 0 amide bonds. The van der Waals surface area contributed by atoms with Gasteiger partial charge in [-0.05, 0) is 83.2 Å². The Balaban J connectivity index is 1.48. The van der Waals surface area contributed by atoms with Gasteiger partial charge in [0.2, 0.25) is 0 Å². The zero-order valence-corrected chi connectivity index (χ0v) is 16.1. The third-order valence-corrected chi connectivity index (χ3v) is 6.29. The zero-order valence-electron chi connectivity index (χ0n) is 16.1. The molecule has 0 aromatic heterocycles. The summed E-state index contributed by atoms with van der Waals surface area (Å²) in [5.74, 6) is 2.07. The maximum absolute atomic E-state index is 2.73. The molecule has 0 atom stereocenters. The summed E-state index contributed by atoms with van der Waals surface area (Å²) in [5, 5.41) is 0. The summed E-state index contributed by atoms with van der Waals surface area (Å²) in [7, 11) is 0. The van der Waals surface area contributed by atoms with Gasteiger partial charge in [0.25, 0.3) is 0 Å². The minimum absolute atomic E-state index is 1.04. The van der Waals surface area contributed by atoms with Gasteiger partial charge in [-0.2, -0.15) is 0 Å². The van der Waals surface area contributed by atoms with Crippen LogP contribution in [0.4, 0.5) is 0 Å². The molecule has 2 heterocycles. The summed E-state index contributed by atoms with van der Waals surface area (Å²) in [5.41, 5.74) is 0. The van der Waals surface area contributed by atoms with Crippen molar-refractivity contribution in [2.45, 2.75) is 84.5 Å². The summed E-state index contributed by atoms with van der Waals surface area (Å²) in [4.78, 5) is 5.47. The van der Waals surface area contributed by atoms with E-state index < -0.39 is 0 Å². The van der Waals surface area contributed by atoms with Crippen LogP contribution in [0.5, 0.6) is 0 Å². The number of hydrogen-bond acceptors (Lipinski definition) is 2. The zero-order chi connectivity index (χ0) is 16.3. The van der Waals surface area contributed by atoms with E-state index in [0.29, 0.717) is 0 Å². The van der Waals surface area contributed by atoms with Crippen LogP contribution in [0.2, 0.25) is 0 Å². The lowest BCUT2D eigenvalue weighted by Crippen LogP contribution is -2.38. The van der Waals surface area contributed by atoms with E-state index >= 15 is 0 Å².